The van der Waals surface area contributed by atoms with Crippen LogP contribution in [-0.4, -0.2) is 24.1 Å². The first-order valence-electron chi connectivity index (χ1n) is 6.43. The van der Waals surface area contributed by atoms with Crippen LogP contribution < -0.4 is 10.1 Å². The summed E-state index contributed by atoms with van der Waals surface area (Å²) in [4.78, 5) is 12.1. The Hall–Kier alpha value is -1.94. The highest BCUT2D eigenvalue weighted by atomic mass is 35.5. The Kier molecular flexibility index (Phi) is 5.07. The number of benzene rings is 1. The molecule has 0 radical (unpaired) electrons. The first kappa shape index (κ1) is 14.5. The summed E-state index contributed by atoms with van der Waals surface area (Å²) >= 11 is 5.91. The molecule has 20 heavy (non-hydrogen) atoms. The number of aromatic nitrogens is 1. The first-order valence-corrected chi connectivity index (χ1v) is 6.81. The lowest BCUT2D eigenvalue weighted by atomic mass is 10.2. The highest BCUT2D eigenvalue weighted by molar-refractivity contribution is 6.31. The lowest BCUT2D eigenvalue weighted by Gasteiger charge is -2.10. The molecule has 0 aliphatic heterocycles. The minimum absolute atomic E-state index is 0.170. The average molecular weight is 293 g/mol. The van der Waals surface area contributed by atoms with Gasteiger partial charge in [-0.25, -0.2) is 0 Å². The molecule has 1 N–H and O–H groups in total. The van der Waals surface area contributed by atoms with E-state index in [9.17, 15) is 4.79 Å². The van der Waals surface area contributed by atoms with Crippen molar-refractivity contribution in [2.75, 3.05) is 13.7 Å². The van der Waals surface area contributed by atoms with E-state index in [0.29, 0.717) is 22.9 Å². The molecule has 0 aliphatic rings. The van der Waals surface area contributed by atoms with Crippen molar-refractivity contribution in [2.45, 2.75) is 13.0 Å². The molecule has 0 fully saturated rings. The van der Waals surface area contributed by atoms with E-state index in [4.69, 9.17) is 16.3 Å². The Labute approximate surface area is 123 Å². The van der Waals surface area contributed by atoms with Crippen LogP contribution in [0.15, 0.2) is 42.7 Å². The number of hydrogen-bond donors (Lipinski definition) is 1. The quantitative estimate of drug-likeness (QED) is 0.832. The fraction of sp³-hybridized carbons (Fsp3) is 0.267. The molecular formula is C15H17ClN2O2. The van der Waals surface area contributed by atoms with Crippen molar-refractivity contribution >= 4 is 17.5 Å². The summed E-state index contributed by atoms with van der Waals surface area (Å²) in [5.74, 6) is 0.356. The molecule has 4 nitrogen and oxygen atoms in total. The Morgan fingerprint density at radius 1 is 1.35 bits per heavy atom. The number of carbonyl (C=O) groups is 1. The van der Waals surface area contributed by atoms with Gasteiger partial charge in [0, 0.05) is 30.5 Å². The standard InChI is InChI=1S/C15H17ClN2O2/c1-20-14-6-5-12(16)11-13(14)15(19)17-7-4-10-18-8-2-3-9-18/h2-3,5-6,8-9,11H,4,7,10H2,1H3,(H,17,19). The molecule has 0 unspecified atom stereocenters. The van der Waals surface area contributed by atoms with Crippen LogP contribution in [0.3, 0.4) is 0 Å². The van der Waals surface area contributed by atoms with Gasteiger partial charge in [0.05, 0.1) is 12.7 Å². The van der Waals surface area contributed by atoms with Gasteiger partial charge in [0.15, 0.2) is 0 Å². The summed E-state index contributed by atoms with van der Waals surface area (Å²) in [7, 11) is 1.53. The number of nitrogens with one attached hydrogen (secondary N) is 1. The molecule has 0 saturated heterocycles. The molecule has 0 aliphatic carbocycles. The van der Waals surface area contributed by atoms with Gasteiger partial charge in [-0.2, -0.15) is 0 Å². The number of hydrogen-bond acceptors (Lipinski definition) is 2. The zero-order chi connectivity index (χ0) is 14.4. The fourth-order valence-electron chi connectivity index (χ4n) is 1.94. The van der Waals surface area contributed by atoms with Crippen molar-refractivity contribution in [3.63, 3.8) is 0 Å². The van der Waals surface area contributed by atoms with Gasteiger partial charge in [0.2, 0.25) is 0 Å². The second-order valence-electron chi connectivity index (χ2n) is 4.37. The number of aryl methyl sites for hydroxylation is 1. The minimum atomic E-state index is -0.170. The van der Waals surface area contributed by atoms with Gasteiger partial charge in [-0.15, -0.1) is 0 Å². The summed E-state index contributed by atoms with van der Waals surface area (Å²) in [6.45, 7) is 1.48. The third kappa shape index (κ3) is 3.78. The van der Waals surface area contributed by atoms with E-state index in [1.165, 1.54) is 7.11 Å². The van der Waals surface area contributed by atoms with Gasteiger partial charge in [0.25, 0.3) is 5.91 Å². The Morgan fingerprint density at radius 3 is 2.80 bits per heavy atom. The SMILES string of the molecule is COc1ccc(Cl)cc1C(=O)NCCCn1cccc1. The molecule has 0 saturated carbocycles. The van der Waals surface area contributed by atoms with E-state index in [1.807, 2.05) is 24.5 Å². The molecule has 1 heterocycles. The molecule has 1 aromatic heterocycles. The van der Waals surface area contributed by atoms with E-state index >= 15 is 0 Å². The van der Waals surface area contributed by atoms with Crippen LogP contribution in [0.5, 0.6) is 5.75 Å². The lowest BCUT2D eigenvalue weighted by Crippen LogP contribution is -2.25. The minimum Gasteiger partial charge on any atom is -0.496 e. The van der Waals surface area contributed by atoms with Crippen molar-refractivity contribution in [1.82, 2.24) is 9.88 Å². The highest BCUT2D eigenvalue weighted by Gasteiger charge is 2.12. The number of amides is 1. The second-order valence-corrected chi connectivity index (χ2v) is 4.81. The lowest BCUT2D eigenvalue weighted by molar-refractivity contribution is 0.0949. The monoisotopic (exact) mass is 292 g/mol. The maximum absolute atomic E-state index is 12.1. The van der Waals surface area contributed by atoms with Crippen LogP contribution in [0.25, 0.3) is 0 Å². The van der Waals surface area contributed by atoms with Gasteiger partial charge in [-0.3, -0.25) is 4.79 Å². The molecular weight excluding hydrogens is 276 g/mol. The van der Waals surface area contributed by atoms with Crippen molar-refractivity contribution in [2.24, 2.45) is 0 Å². The molecule has 0 spiro atoms. The molecule has 1 aromatic carbocycles. The van der Waals surface area contributed by atoms with Crippen molar-refractivity contribution in [1.29, 1.82) is 0 Å². The van der Waals surface area contributed by atoms with Gasteiger partial charge >= 0.3 is 0 Å². The normalized spacial score (nSPS) is 10.3. The Bertz CT molecular complexity index is 567. The molecule has 0 bridgehead atoms. The van der Waals surface area contributed by atoms with Gasteiger partial charge in [-0.05, 0) is 36.8 Å². The Balaban J connectivity index is 1.87. The number of carbonyl (C=O) groups excluding carboxylic acids is 1. The maximum atomic E-state index is 12.1. The van der Waals surface area contributed by atoms with E-state index in [1.54, 1.807) is 18.2 Å². The molecule has 106 valence electrons. The zero-order valence-electron chi connectivity index (χ0n) is 11.3. The average Bonchev–Trinajstić information content (AvgIpc) is 2.96. The number of nitrogens with zero attached hydrogens (tertiary/aromatic N) is 1. The van der Waals surface area contributed by atoms with E-state index in [0.717, 1.165) is 13.0 Å². The van der Waals surface area contributed by atoms with Gasteiger partial charge in [-0.1, -0.05) is 11.6 Å². The largest absolute Gasteiger partial charge is 0.496 e. The van der Waals surface area contributed by atoms with Gasteiger partial charge < -0.3 is 14.6 Å². The summed E-state index contributed by atoms with van der Waals surface area (Å²) in [6.07, 6.45) is 4.87. The summed E-state index contributed by atoms with van der Waals surface area (Å²) in [6, 6.07) is 8.97. The zero-order valence-corrected chi connectivity index (χ0v) is 12.1. The van der Waals surface area contributed by atoms with E-state index in [2.05, 4.69) is 9.88 Å². The van der Waals surface area contributed by atoms with Crippen LogP contribution in [0, 0.1) is 0 Å². The summed E-state index contributed by atoms with van der Waals surface area (Å²) < 4.78 is 7.24. The predicted octanol–water partition coefficient (Wildman–Crippen LogP) is 2.97. The number of ether oxygens (including phenoxy) is 1. The third-order valence-electron chi connectivity index (χ3n) is 2.95. The van der Waals surface area contributed by atoms with Crippen LogP contribution in [0.2, 0.25) is 5.02 Å². The fourth-order valence-corrected chi connectivity index (χ4v) is 2.11. The molecule has 5 heteroatoms. The van der Waals surface area contributed by atoms with Crippen LogP contribution >= 0.6 is 11.6 Å². The molecule has 0 atom stereocenters. The van der Waals surface area contributed by atoms with Crippen molar-refractivity contribution in [3.05, 3.63) is 53.3 Å². The highest BCUT2D eigenvalue weighted by Crippen LogP contribution is 2.22. The number of rotatable bonds is 6. The Morgan fingerprint density at radius 2 is 2.10 bits per heavy atom. The third-order valence-corrected chi connectivity index (χ3v) is 3.19. The van der Waals surface area contributed by atoms with Crippen molar-refractivity contribution < 1.29 is 9.53 Å². The molecule has 2 aromatic rings. The molecule has 1 amide bonds. The van der Waals surface area contributed by atoms with E-state index < -0.39 is 0 Å². The summed E-state index contributed by atoms with van der Waals surface area (Å²) in [5.41, 5.74) is 0.459. The van der Waals surface area contributed by atoms with Crippen LogP contribution in [-0.2, 0) is 6.54 Å². The van der Waals surface area contributed by atoms with Gasteiger partial charge in [0.1, 0.15) is 5.75 Å². The topological polar surface area (TPSA) is 43.3 Å². The second kappa shape index (κ2) is 7.01. The molecule has 2 rings (SSSR count). The smallest absolute Gasteiger partial charge is 0.255 e. The van der Waals surface area contributed by atoms with Crippen LogP contribution in [0.4, 0.5) is 0 Å². The van der Waals surface area contributed by atoms with E-state index in [-0.39, 0.29) is 5.91 Å². The van der Waals surface area contributed by atoms with Crippen molar-refractivity contribution in [3.8, 4) is 5.75 Å². The van der Waals surface area contributed by atoms with Crippen LogP contribution in [0.1, 0.15) is 16.8 Å². The maximum Gasteiger partial charge on any atom is 0.255 e. The number of methoxy groups -OCH3 is 1. The number of halogens is 1. The predicted molar refractivity (Wildman–Crippen MR) is 79.4 cm³/mol. The summed E-state index contributed by atoms with van der Waals surface area (Å²) in [5, 5.41) is 3.39. The first-order chi connectivity index (χ1) is 9.70.